The second kappa shape index (κ2) is 5.87. The molecule has 3 N–H and O–H groups in total. The average molecular weight is 304 g/mol. The van der Waals surface area contributed by atoms with Gasteiger partial charge in [0.05, 0.1) is 0 Å². The molecule has 1 heterocycles. The smallest absolute Gasteiger partial charge is 0.254 e. The van der Waals surface area contributed by atoms with Gasteiger partial charge in [0.1, 0.15) is 11.5 Å². The predicted molar refractivity (Wildman–Crippen MR) is 79.6 cm³/mol. The fourth-order valence-electron chi connectivity index (χ4n) is 2.79. The van der Waals surface area contributed by atoms with E-state index in [1.165, 1.54) is 18.2 Å². The zero-order chi connectivity index (χ0) is 15.7. The van der Waals surface area contributed by atoms with Crippen molar-refractivity contribution < 1.29 is 19.8 Å². The molecule has 6 heteroatoms. The van der Waals surface area contributed by atoms with Crippen LogP contribution in [-0.2, 0) is 4.79 Å². The maximum absolute atomic E-state index is 12.4. The first-order valence-corrected chi connectivity index (χ1v) is 7.65. The number of amides is 2. The maximum Gasteiger partial charge on any atom is 0.254 e. The number of likely N-dealkylation sites (tertiary alicyclic amines) is 1. The largest absolute Gasteiger partial charge is 0.508 e. The number of phenolic OH excluding ortho intramolecular Hbond substituents is 2. The Labute approximate surface area is 128 Å². The Kier molecular flexibility index (Phi) is 3.92. The minimum Gasteiger partial charge on any atom is -0.508 e. The molecule has 1 aromatic carbocycles. The van der Waals surface area contributed by atoms with Crippen molar-refractivity contribution in [3.05, 3.63) is 23.8 Å². The van der Waals surface area contributed by atoms with E-state index in [1.807, 2.05) is 0 Å². The lowest BCUT2D eigenvalue weighted by Crippen LogP contribution is -2.46. The molecule has 0 radical (unpaired) electrons. The van der Waals surface area contributed by atoms with E-state index in [-0.39, 0.29) is 40.8 Å². The molecule has 1 saturated heterocycles. The molecule has 2 aliphatic rings. The van der Waals surface area contributed by atoms with E-state index in [2.05, 4.69) is 5.32 Å². The highest BCUT2D eigenvalue weighted by Crippen LogP contribution is 2.29. The van der Waals surface area contributed by atoms with Crippen molar-refractivity contribution in [3.8, 4) is 11.5 Å². The maximum atomic E-state index is 12.4. The summed E-state index contributed by atoms with van der Waals surface area (Å²) in [5.41, 5.74) is 0.276. The fourth-order valence-corrected chi connectivity index (χ4v) is 2.79. The number of hydrogen-bond acceptors (Lipinski definition) is 4. The molecule has 1 aliphatic heterocycles. The number of hydrogen-bond donors (Lipinski definition) is 3. The first-order valence-electron chi connectivity index (χ1n) is 7.65. The number of phenols is 2. The van der Waals surface area contributed by atoms with Gasteiger partial charge >= 0.3 is 0 Å². The Morgan fingerprint density at radius 2 is 1.59 bits per heavy atom. The van der Waals surface area contributed by atoms with Crippen LogP contribution in [0.3, 0.4) is 0 Å². The third-order valence-corrected chi connectivity index (χ3v) is 4.23. The topological polar surface area (TPSA) is 89.9 Å². The lowest BCUT2D eigenvalue weighted by atomic mass is 10.0. The van der Waals surface area contributed by atoms with Crippen LogP contribution in [0, 0.1) is 5.92 Å². The van der Waals surface area contributed by atoms with Gasteiger partial charge in [-0.25, -0.2) is 0 Å². The molecule has 0 bridgehead atoms. The molecule has 0 aromatic heterocycles. The molecular formula is C16H20N2O4. The molecule has 1 aromatic rings. The van der Waals surface area contributed by atoms with Crippen molar-refractivity contribution in [1.82, 2.24) is 10.2 Å². The van der Waals surface area contributed by atoms with Crippen molar-refractivity contribution in [2.45, 2.75) is 31.7 Å². The van der Waals surface area contributed by atoms with Gasteiger partial charge in [-0.1, -0.05) is 0 Å². The average Bonchev–Trinajstić information content (AvgIpc) is 3.31. The molecule has 1 aliphatic carbocycles. The van der Waals surface area contributed by atoms with Crippen LogP contribution in [0.1, 0.15) is 36.0 Å². The Hall–Kier alpha value is -2.24. The van der Waals surface area contributed by atoms with Crippen LogP contribution in [-0.4, -0.2) is 46.1 Å². The van der Waals surface area contributed by atoms with E-state index in [1.54, 1.807) is 4.90 Å². The van der Waals surface area contributed by atoms with E-state index in [4.69, 9.17) is 0 Å². The van der Waals surface area contributed by atoms with Crippen LogP contribution in [0.2, 0.25) is 0 Å². The monoisotopic (exact) mass is 304 g/mol. The first kappa shape index (κ1) is 14.7. The number of carbonyl (C=O) groups is 2. The van der Waals surface area contributed by atoms with Gasteiger partial charge in [-0.2, -0.15) is 0 Å². The number of benzene rings is 1. The summed E-state index contributed by atoms with van der Waals surface area (Å²) in [6.45, 7) is 1.12. The lowest BCUT2D eigenvalue weighted by molar-refractivity contribution is -0.123. The summed E-state index contributed by atoms with van der Waals surface area (Å²) in [6, 6.07) is 4.03. The number of nitrogens with zero attached hydrogens (tertiary/aromatic N) is 1. The second-order valence-corrected chi connectivity index (χ2v) is 6.09. The molecular weight excluding hydrogens is 284 g/mol. The van der Waals surface area contributed by atoms with Gasteiger partial charge in [0.25, 0.3) is 5.91 Å². The van der Waals surface area contributed by atoms with Gasteiger partial charge in [0.15, 0.2) is 0 Å². The van der Waals surface area contributed by atoms with Crippen LogP contribution in [0.4, 0.5) is 0 Å². The minimum atomic E-state index is -0.210. The van der Waals surface area contributed by atoms with E-state index >= 15 is 0 Å². The summed E-state index contributed by atoms with van der Waals surface area (Å²) in [4.78, 5) is 25.8. The van der Waals surface area contributed by atoms with Crippen molar-refractivity contribution in [2.24, 2.45) is 5.92 Å². The van der Waals surface area contributed by atoms with E-state index < -0.39 is 0 Å². The molecule has 0 unspecified atom stereocenters. The number of rotatable bonds is 3. The Bertz CT molecular complexity index is 570. The van der Waals surface area contributed by atoms with Crippen LogP contribution in [0.25, 0.3) is 0 Å². The van der Waals surface area contributed by atoms with Gasteiger partial charge in [-0.3, -0.25) is 9.59 Å². The van der Waals surface area contributed by atoms with Crippen molar-refractivity contribution >= 4 is 11.8 Å². The number of carbonyl (C=O) groups excluding carboxylic acids is 2. The number of piperidine rings is 1. The molecule has 2 amide bonds. The van der Waals surface area contributed by atoms with Gasteiger partial charge in [0.2, 0.25) is 5.91 Å². The highest BCUT2D eigenvalue weighted by Gasteiger charge is 2.32. The molecule has 2 fully saturated rings. The molecule has 0 atom stereocenters. The van der Waals surface area contributed by atoms with E-state index in [9.17, 15) is 19.8 Å². The third-order valence-electron chi connectivity index (χ3n) is 4.23. The third kappa shape index (κ3) is 3.32. The zero-order valence-corrected chi connectivity index (χ0v) is 12.3. The lowest BCUT2D eigenvalue weighted by Gasteiger charge is -2.32. The summed E-state index contributed by atoms with van der Waals surface area (Å²) in [5.74, 6) is -0.124. The van der Waals surface area contributed by atoms with Gasteiger partial charge in [-0.05, 0) is 37.8 Å². The van der Waals surface area contributed by atoms with E-state index in [0.717, 1.165) is 25.7 Å². The van der Waals surface area contributed by atoms with Gasteiger partial charge < -0.3 is 20.4 Å². The van der Waals surface area contributed by atoms with Crippen LogP contribution in [0.5, 0.6) is 11.5 Å². The number of aromatic hydroxyl groups is 2. The second-order valence-electron chi connectivity index (χ2n) is 6.09. The molecule has 1 saturated carbocycles. The Morgan fingerprint density at radius 3 is 2.14 bits per heavy atom. The Balaban J connectivity index is 1.56. The molecule has 3 rings (SSSR count). The standard InChI is InChI=1S/C16H20N2O4/c19-13-7-11(8-14(20)9-13)16(22)18-5-3-12(4-6-18)17-15(21)10-1-2-10/h7-10,12,19-20H,1-6H2,(H,17,21). The number of nitrogens with one attached hydrogen (secondary N) is 1. The summed E-state index contributed by atoms with van der Waals surface area (Å²) >= 11 is 0. The highest BCUT2D eigenvalue weighted by atomic mass is 16.3. The molecule has 0 spiro atoms. The zero-order valence-electron chi connectivity index (χ0n) is 12.3. The Morgan fingerprint density at radius 1 is 1.00 bits per heavy atom. The molecule has 118 valence electrons. The van der Waals surface area contributed by atoms with E-state index in [0.29, 0.717) is 13.1 Å². The summed E-state index contributed by atoms with van der Waals surface area (Å²) < 4.78 is 0. The first-order chi connectivity index (χ1) is 10.5. The van der Waals surface area contributed by atoms with Crippen LogP contribution < -0.4 is 5.32 Å². The van der Waals surface area contributed by atoms with Crippen molar-refractivity contribution in [1.29, 1.82) is 0 Å². The summed E-state index contributed by atoms with van der Waals surface area (Å²) in [5, 5.41) is 22.0. The van der Waals surface area contributed by atoms with Gasteiger partial charge in [-0.15, -0.1) is 0 Å². The quantitative estimate of drug-likeness (QED) is 0.783. The normalized spacial score (nSPS) is 19.0. The SMILES string of the molecule is O=C(NC1CCN(C(=O)c2cc(O)cc(O)c2)CC1)C1CC1. The summed E-state index contributed by atoms with van der Waals surface area (Å²) in [7, 11) is 0. The van der Waals surface area contributed by atoms with Crippen LogP contribution >= 0.6 is 0 Å². The van der Waals surface area contributed by atoms with Crippen LogP contribution in [0.15, 0.2) is 18.2 Å². The molecule has 22 heavy (non-hydrogen) atoms. The highest BCUT2D eigenvalue weighted by molar-refractivity contribution is 5.95. The summed E-state index contributed by atoms with van der Waals surface area (Å²) in [6.07, 6.45) is 3.44. The predicted octanol–water partition coefficient (Wildman–Crippen LogP) is 1.23. The molecule has 6 nitrogen and oxygen atoms in total. The fraction of sp³-hybridized carbons (Fsp3) is 0.500. The van der Waals surface area contributed by atoms with Gasteiger partial charge in [0, 0.05) is 36.7 Å². The minimum absolute atomic E-state index is 0.130. The van der Waals surface area contributed by atoms with Crippen molar-refractivity contribution in [2.75, 3.05) is 13.1 Å². The van der Waals surface area contributed by atoms with Crippen molar-refractivity contribution in [3.63, 3.8) is 0 Å².